The summed E-state index contributed by atoms with van der Waals surface area (Å²) >= 11 is 0. The van der Waals surface area contributed by atoms with Gasteiger partial charge in [0, 0.05) is 71.9 Å². The van der Waals surface area contributed by atoms with Gasteiger partial charge in [-0.25, -0.2) is 4.98 Å². The number of furan rings is 1. The fourth-order valence-corrected chi connectivity index (χ4v) is 4.56. The third-order valence-corrected chi connectivity index (χ3v) is 6.35. The van der Waals surface area contributed by atoms with E-state index in [1.807, 2.05) is 23.9 Å². The Balaban J connectivity index is 1.36. The second kappa shape index (κ2) is 9.23. The molecule has 0 radical (unpaired) electrons. The molecule has 0 bridgehead atoms. The van der Waals surface area contributed by atoms with Gasteiger partial charge in [-0.3, -0.25) is 9.69 Å². The largest absolute Gasteiger partial charge is 0.459 e. The number of amides is 1. The van der Waals surface area contributed by atoms with Gasteiger partial charge < -0.3 is 19.1 Å². The van der Waals surface area contributed by atoms with Crippen LogP contribution in [-0.2, 0) is 19.5 Å². The highest BCUT2D eigenvalue weighted by Crippen LogP contribution is 2.30. The van der Waals surface area contributed by atoms with Crippen LogP contribution in [0.1, 0.15) is 27.4 Å². The Bertz CT molecular complexity index is 1090. The van der Waals surface area contributed by atoms with Crippen molar-refractivity contribution in [1.82, 2.24) is 19.8 Å². The quantitative estimate of drug-likeness (QED) is 0.597. The molecule has 0 aliphatic carbocycles. The van der Waals surface area contributed by atoms with Crippen LogP contribution < -0.4 is 9.80 Å². The summed E-state index contributed by atoms with van der Waals surface area (Å²) in [4.78, 5) is 31.1. The van der Waals surface area contributed by atoms with Crippen molar-refractivity contribution in [2.75, 3.05) is 56.6 Å². The van der Waals surface area contributed by atoms with Crippen LogP contribution in [0, 0.1) is 0 Å². The van der Waals surface area contributed by atoms with Crippen molar-refractivity contribution in [3.8, 4) is 0 Å². The molecule has 0 N–H and O–H groups in total. The Hall–Kier alpha value is -3.39. The zero-order valence-electron chi connectivity index (χ0n) is 19.3. The van der Waals surface area contributed by atoms with E-state index in [4.69, 9.17) is 14.4 Å². The first-order chi connectivity index (χ1) is 16.1. The van der Waals surface area contributed by atoms with E-state index in [0.29, 0.717) is 18.8 Å². The molecule has 8 heteroatoms. The maximum absolute atomic E-state index is 12.7. The number of carbonyl (C=O) groups is 1. The Kier molecular flexibility index (Phi) is 6.00. The first-order valence-corrected chi connectivity index (χ1v) is 11.5. The van der Waals surface area contributed by atoms with Gasteiger partial charge in [0.25, 0.3) is 5.91 Å². The van der Waals surface area contributed by atoms with E-state index in [9.17, 15) is 4.79 Å². The predicted molar refractivity (Wildman–Crippen MR) is 127 cm³/mol. The molecule has 2 aliphatic heterocycles. The fourth-order valence-electron chi connectivity index (χ4n) is 4.56. The fraction of sp³-hybridized carbons (Fsp3) is 0.400. The van der Waals surface area contributed by atoms with E-state index in [0.717, 1.165) is 56.6 Å². The molecular weight excluding hydrogens is 416 g/mol. The Morgan fingerprint density at radius 3 is 2.48 bits per heavy atom. The second-order valence-electron chi connectivity index (χ2n) is 8.87. The molecule has 1 saturated heterocycles. The number of fused-ring (bicyclic) bond motifs is 1. The Morgan fingerprint density at radius 2 is 1.79 bits per heavy atom. The standard InChI is InChI=1S/C25H30N6O2/c1-28(2)25-26-21-10-11-29(17-19-7-4-3-5-8-19)18-20(21)23(27-25)30-12-14-31(15-13-30)24(32)22-9-6-16-33-22/h3-9,16H,10-15,17-18H2,1-2H3. The molecule has 3 aromatic rings. The molecule has 172 valence electrons. The van der Waals surface area contributed by atoms with E-state index in [1.165, 1.54) is 11.1 Å². The van der Waals surface area contributed by atoms with Crippen molar-refractivity contribution in [3.63, 3.8) is 0 Å². The lowest BCUT2D eigenvalue weighted by atomic mass is 10.0. The van der Waals surface area contributed by atoms with Gasteiger partial charge in [0.2, 0.25) is 5.95 Å². The van der Waals surface area contributed by atoms with Crippen molar-refractivity contribution in [3.05, 3.63) is 71.3 Å². The lowest BCUT2D eigenvalue weighted by Gasteiger charge is -2.38. The van der Waals surface area contributed by atoms with E-state index < -0.39 is 0 Å². The summed E-state index contributed by atoms with van der Waals surface area (Å²) in [5.41, 5.74) is 3.68. The van der Waals surface area contributed by atoms with Gasteiger partial charge in [0.05, 0.1) is 12.0 Å². The highest BCUT2D eigenvalue weighted by atomic mass is 16.3. The van der Waals surface area contributed by atoms with Gasteiger partial charge in [-0.05, 0) is 17.7 Å². The number of anilines is 2. The summed E-state index contributed by atoms with van der Waals surface area (Å²) in [5, 5.41) is 0. The molecule has 0 unspecified atom stereocenters. The van der Waals surface area contributed by atoms with Crippen LogP contribution in [0.3, 0.4) is 0 Å². The van der Waals surface area contributed by atoms with Crippen LogP contribution in [0.2, 0.25) is 0 Å². The molecule has 5 rings (SSSR count). The molecular formula is C25H30N6O2. The molecule has 1 aromatic carbocycles. The normalized spacial score (nSPS) is 16.5. The zero-order chi connectivity index (χ0) is 22.8. The molecule has 1 amide bonds. The number of nitrogens with zero attached hydrogens (tertiary/aromatic N) is 6. The monoisotopic (exact) mass is 446 g/mol. The highest BCUT2D eigenvalue weighted by Gasteiger charge is 2.29. The average Bonchev–Trinajstić information content (AvgIpc) is 3.39. The summed E-state index contributed by atoms with van der Waals surface area (Å²) in [6, 6.07) is 14.1. The minimum absolute atomic E-state index is 0.0487. The van der Waals surface area contributed by atoms with Gasteiger partial charge >= 0.3 is 0 Å². The molecule has 1 fully saturated rings. The first-order valence-electron chi connectivity index (χ1n) is 11.5. The van der Waals surface area contributed by atoms with Crippen molar-refractivity contribution in [2.45, 2.75) is 19.5 Å². The number of rotatable bonds is 5. The van der Waals surface area contributed by atoms with Crippen LogP contribution in [0.15, 0.2) is 53.1 Å². The average molecular weight is 447 g/mol. The second-order valence-corrected chi connectivity index (χ2v) is 8.87. The smallest absolute Gasteiger partial charge is 0.289 e. The van der Waals surface area contributed by atoms with Crippen molar-refractivity contribution in [1.29, 1.82) is 0 Å². The minimum atomic E-state index is -0.0487. The van der Waals surface area contributed by atoms with E-state index in [2.05, 4.69) is 40.1 Å². The third-order valence-electron chi connectivity index (χ3n) is 6.35. The summed E-state index contributed by atoms with van der Waals surface area (Å²) in [6.07, 6.45) is 2.45. The molecule has 0 atom stereocenters. The van der Waals surface area contributed by atoms with Crippen LogP contribution in [0.25, 0.3) is 0 Å². The SMILES string of the molecule is CN(C)c1nc2c(c(N3CCN(C(=O)c4ccco4)CC3)n1)CN(Cc1ccccc1)CC2. The highest BCUT2D eigenvalue weighted by molar-refractivity contribution is 5.91. The van der Waals surface area contributed by atoms with Crippen LogP contribution >= 0.6 is 0 Å². The van der Waals surface area contributed by atoms with Crippen molar-refractivity contribution < 1.29 is 9.21 Å². The number of piperazine rings is 1. The van der Waals surface area contributed by atoms with Crippen molar-refractivity contribution in [2.24, 2.45) is 0 Å². The van der Waals surface area contributed by atoms with Crippen LogP contribution in [0.4, 0.5) is 11.8 Å². The minimum Gasteiger partial charge on any atom is -0.459 e. The van der Waals surface area contributed by atoms with Crippen LogP contribution in [-0.4, -0.2) is 72.5 Å². The third kappa shape index (κ3) is 4.57. The predicted octanol–water partition coefficient (Wildman–Crippen LogP) is 2.66. The summed E-state index contributed by atoms with van der Waals surface area (Å²) in [5.74, 6) is 2.10. The van der Waals surface area contributed by atoms with Crippen molar-refractivity contribution >= 4 is 17.7 Å². The first kappa shape index (κ1) is 21.5. The molecule has 2 aliphatic rings. The lowest BCUT2D eigenvalue weighted by Crippen LogP contribution is -2.49. The number of benzene rings is 1. The van der Waals surface area contributed by atoms with Gasteiger partial charge in [0.15, 0.2) is 5.76 Å². The molecule has 2 aromatic heterocycles. The van der Waals surface area contributed by atoms with Gasteiger partial charge in [-0.15, -0.1) is 0 Å². The van der Waals surface area contributed by atoms with E-state index in [-0.39, 0.29) is 5.91 Å². The maximum Gasteiger partial charge on any atom is 0.289 e. The number of hydrogen-bond acceptors (Lipinski definition) is 7. The zero-order valence-corrected chi connectivity index (χ0v) is 19.3. The molecule has 4 heterocycles. The van der Waals surface area contributed by atoms with Crippen LogP contribution in [0.5, 0.6) is 0 Å². The number of hydrogen-bond donors (Lipinski definition) is 0. The molecule has 0 spiro atoms. The molecule has 0 saturated carbocycles. The molecule has 8 nitrogen and oxygen atoms in total. The number of aromatic nitrogens is 2. The topological polar surface area (TPSA) is 69.0 Å². The van der Waals surface area contributed by atoms with E-state index >= 15 is 0 Å². The summed E-state index contributed by atoms with van der Waals surface area (Å²) in [7, 11) is 3.96. The van der Waals surface area contributed by atoms with Gasteiger partial charge in [0.1, 0.15) is 5.82 Å². The Morgan fingerprint density at radius 1 is 1.00 bits per heavy atom. The van der Waals surface area contributed by atoms with Gasteiger partial charge in [-0.2, -0.15) is 4.98 Å². The van der Waals surface area contributed by atoms with E-state index in [1.54, 1.807) is 18.4 Å². The number of carbonyl (C=O) groups excluding carboxylic acids is 1. The molecule has 33 heavy (non-hydrogen) atoms. The summed E-state index contributed by atoms with van der Waals surface area (Å²) in [6.45, 7) is 5.49. The van der Waals surface area contributed by atoms with Gasteiger partial charge in [-0.1, -0.05) is 30.3 Å². The maximum atomic E-state index is 12.7. The Labute approximate surface area is 194 Å². The lowest BCUT2D eigenvalue weighted by molar-refractivity contribution is 0.0714. The summed E-state index contributed by atoms with van der Waals surface area (Å²) < 4.78 is 5.30.